The quantitative estimate of drug-likeness (QED) is 0.137. The maximum absolute atomic E-state index is 2.34. The van der Waals surface area contributed by atoms with Crippen molar-refractivity contribution in [3.05, 3.63) is 132 Å². The second kappa shape index (κ2) is 16.7. The molecule has 0 N–H and O–H groups in total. The molecule has 0 aliphatic heterocycles. The number of hydrogen-bond donors (Lipinski definition) is 0. The first kappa shape index (κ1) is 36.5. The normalized spacial score (nSPS) is 10.6. The summed E-state index contributed by atoms with van der Waals surface area (Å²) in [6, 6.07) is 44.4. The predicted octanol–water partition coefficient (Wildman–Crippen LogP) is 6.80. The van der Waals surface area contributed by atoms with E-state index < -0.39 is 0 Å². The first-order chi connectivity index (χ1) is 21.4. The summed E-state index contributed by atoms with van der Waals surface area (Å²) in [5.74, 6) is 0. The Morgan fingerprint density at radius 2 is 0.957 bits per heavy atom. The summed E-state index contributed by atoms with van der Waals surface area (Å²) in [5.41, 5.74) is 5.79. The molecule has 0 fully saturated rings. The summed E-state index contributed by atoms with van der Waals surface area (Å²) < 4.78 is 2.73. The van der Waals surface area contributed by atoms with Crippen molar-refractivity contribution < 1.29 is 48.1 Å². The molecule has 2 aromatic heterocycles. The van der Waals surface area contributed by atoms with Crippen LogP contribution in [-0.4, -0.2) is 5.43 Å². The Hall–Kier alpha value is -2.30. The molecule has 46 heavy (non-hydrogen) atoms. The fourth-order valence-corrected chi connectivity index (χ4v) is 7.87. The van der Waals surface area contributed by atoms with E-state index in [2.05, 4.69) is 148 Å². The maximum atomic E-state index is 2.34. The molecule has 0 radical (unpaired) electrons. The number of rotatable bonds is 4. The van der Waals surface area contributed by atoms with Gasteiger partial charge in [0.1, 0.15) is 0 Å². The van der Waals surface area contributed by atoms with Gasteiger partial charge in [0, 0.05) is 19.2 Å². The van der Waals surface area contributed by atoms with Crippen molar-refractivity contribution in [2.24, 2.45) is 0 Å². The molecule has 0 saturated heterocycles. The summed E-state index contributed by atoms with van der Waals surface area (Å²) in [5, 5.41) is 8.17. The Bertz CT molecular complexity index is 1990. The zero-order chi connectivity index (χ0) is 30.6. The van der Waals surface area contributed by atoms with Crippen LogP contribution in [-0.2, 0) is 36.2 Å². The number of aryl methyl sites for hydroxylation is 2. The van der Waals surface area contributed by atoms with Crippen LogP contribution < -0.4 is 24.8 Å². The molecule has 8 aromatic rings. The van der Waals surface area contributed by atoms with Crippen molar-refractivity contribution in [1.29, 1.82) is 0 Å². The van der Waals surface area contributed by atoms with Crippen molar-refractivity contribution in [2.45, 2.75) is 39.8 Å². The van der Waals surface area contributed by atoms with Crippen LogP contribution in [0, 0.1) is 0 Å². The molecule has 0 saturated carbocycles. The van der Waals surface area contributed by atoms with Gasteiger partial charge < -0.3 is 24.8 Å². The van der Waals surface area contributed by atoms with Crippen LogP contribution in [0.1, 0.15) is 25.0 Å². The fraction of sp³-hybridized carbons (Fsp3) is 0.150. The summed E-state index contributed by atoms with van der Waals surface area (Å²) in [6.07, 6.45) is 2.20. The number of fused-ring (bicyclic) bond motifs is 4. The van der Waals surface area contributed by atoms with Gasteiger partial charge in [-0.2, -0.15) is 12.1 Å². The number of halogens is 2. The van der Waals surface area contributed by atoms with Crippen LogP contribution in [0.2, 0.25) is 13.1 Å². The van der Waals surface area contributed by atoms with Crippen molar-refractivity contribution in [1.82, 2.24) is 0 Å². The Labute approximate surface area is 308 Å². The van der Waals surface area contributed by atoms with Crippen LogP contribution in [0.25, 0.3) is 62.6 Å². The zero-order valence-electron chi connectivity index (χ0n) is 26.5. The number of hydrogen-bond acceptors (Lipinski definition) is 2. The predicted molar refractivity (Wildman–Crippen MR) is 197 cm³/mol. The summed E-state index contributed by atoms with van der Waals surface area (Å²) in [6.45, 7) is 9.05. The van der Waals surface area contributed by atoms with E-state index in [4.69, 9.17) is 0 Å². The van der Waals surface area contributed by atoms with E-state index in [0.29, 0.717) is 0 Å². The van der Waals surface area contributed by atoms with E-state index in [1.54, 1.807) is 23.3 Å². The van der Waals surface area contributed by atoms with Gasteiger partial charge in [-0.3, -0.25) is 0 Å². The van der Waals surface area contributed by atoms with Crippen LogP contribution in [0.15, 0.2) is 121 Å². The molecule has 0 atom stereocenters. The minimum Gasteiger partial charge on any atom is -1.00 e. The van der Waals surface area contributed by atoms with Gasteiger partial charge >= 0.3 is 41.9 Å². The third-order valence-electron chi connectivity index (χ3n) is 7.82. The van der Waals surface area contributed by atoms with Gasteiger partial charge in [-0.1, -0.05) is 73.5 Å². The Kier molecular flexibility index (Phi) is 13.3. The van der Waals surface area contributed by atoms with Gasteiger partial charge in [0.2, 0.25) is 0 Å². The molecule has 0 amide bonds. The standard InChI is InChI=1S/2C19H15S.C2H6Si.2ClH.Zr/c2*1-2-13-10-14-7-5-8-16(17(14)11-13)19-12-15-6-3-4-9-18(15)20-19;1-3-2;;;/h2*3-12H,2H2,1H3;1-2H3;2*1H;/q2*-1;;;;+2/p-2. The molecule has 0 aliphatic rings. The minimum absolute atomic E-state index is 0. The summed E-state index contributed by atoms with van der Waals surface area (Å²) in [7, 11) is 0. The summed E-state index contributed by atoms with van der Waals surface area (Å²) in [4.78, 5) is 2.73. The van der Waals surface area contributed by atoms with Crippen LogP contribution in [0.4, 0.5) is 0 Å². The Morgan fingerprint density at radius 3 is 1.33 bits per heavy atom. The average Bonchev–Trinajstić information content (AvgIpc) is 3.83. The van der Waals surface area contributed by atoms with Gasteiger partial charge in [-0.15, -0.1) is 91.7 Å². The minimum atomic E-state index is 0. The smallest absolute Gasteiger partial charge is 1.00 e. The maximum Gasteiger partial charge on any atom is -1.00 e. The molecule has 8 rings (SSSR count). The molecule has 6 heteroatoms. The Morgan fingerprint density at radius 1 is 0.565 bits per heavy atom. The van der Waals surface area contributed by atoms with Crippen LogP contribution in [0.5, 0.6) is 0 Å². The largest absolute Gasteiger partial charge is 1.00 e. The van der Waals surface area contributed by atoms with Crippen LogP contribution in [0.3, 0.4) is 0 Å². The van der Waals surface area contributed by atoms with Crippen molar-refractivity contribution in [3.8, 4) is 20.9 Å². The second-order valence-corrected chi connectivity index (χ2v) is 22.9. The SMILES string of the molecule is CCc1cc2c(-c3cc4ccccc4s3)cccc2[cH-]1.CCc1cc2c(-c3cc4ccccc4s3)cccc2[cH-]1.C[Si](C)=[Zr+2].[Cl-].[Cl-]. The van der Waals surface area contributed by atoms with Gasteiger partial charge in [-0.25, -0.2) is 0 Å². The fourth-order valence-electron chi connectivity index (χ4n) is 5.66. The van der Waals surface area contributed by atoms with Gasteiger partial charge in [0.25, 0.3) is 0 Å². The van der Waals surface area contributed by atoms with Crippen molar-refractivity contribution in [3.63, 3.8) is 0 Å². The number of benzene rings is 4. The number of thiophene rings is 2. The molecule has 0 nitrogen and oxygen atoms in total. The topological polar surface area (TPSA) is 0 Å². The van der Waals surface area contributed by atoms with Crippen molar-refractivity contribution >= 4 is 69.8 Å². The average molecular weight is 771 g/mol. The van der Waals surface area contributed by atoms with Crippen LogP contribution >= 0.6 is 22.7 Å². The van der Waals surface area contributed by atoms with Gasteiger partial charge in [0.05, 0.1) is 0 Å². The third-order valence-corrected chi connectivity index (χ3v) is 10.1. The van der Waals surface area contributed by atoms with E-state index >= 15 is 0 Å². The Balaban J connectivity index is 0.000000180. The van der Waals surface area contributed by atoms with E-state index in [-0.39, 0.29) is 30.2 Å². The van der Waals surface area contributed by atoms with E-state index in [0.717, 1.165) is 12.8 Å². The van der Waals surface area contributed by atoms with E-state index in [9.17, 15) is 0 Å². The first-order valence-electron chi connectivity index (χ1n) is 15.3. The van der Waals surface area contributed by atoms with E-state index in [1.165, 1.54) is 73.7 Å². The molecule has 6 aromatic carbocycles. The molecule has 0 unspecified atom stereocenters. The van der Waals surface area contributed by atoms with Gasteiger partial charge in [0.15, 0.2) is 0 Å². The molecule has 232 valence electrons. The molecule has 0 spiro atoms. The molecular formula is C40H36Cl2S2SiZr-2. The second-order valence-electron chi connectivity index (χ2n) is 11.3. The molecule has 0 aliphatic carbocycles. The first-order valence-corrected chi connectivity index (χ1v) is 23.1. The van der Waals surface area contributed by atoms with E-state index in [1.807, 2.05) is 22.7 Å². The zero-order valence-corrected chi connectivity index (χ0v) is 33.1. The van der Waals surface area contributed by atoms with Crippen molar-refractivity contribution in [2.75, 3.05) is 0 Å². The summed E-state index contributed by atoms with van der Waals surface area (Å²) >= 11 is 5.50. The third kappa shape index (κ3) is 8.21. The monoisotopic (exact) mass is 768 g/mol. The molecule has 2 heterocycles. The molecule has 0 bridgehead atoms. The van der Waals surface area contributed by atoms with Gasteiger partial charge in [-0.05, 0) is 47.9 Å². The molecular weight excluding hydrogens is 735 g/mol.